The first-order valence-electron chi connectivity index (χ1n) is 4.68. The van der Waals surface area contributed by atoms with Gasteiger partial charge in [-0.05, 0) is 18.4 Å². The van der Waals surface area contributed by atoms with Gasteiger partial charge in [0.1, 0.15) is 6.23 Å². The van der Waals surface area contributed by atoms with Crippen LogP contribution in [-0.4, -0.2) is 25.3 Å². The van der Waals surface area contributed by atoms with Crippen molar-refractivity contribution in [1.82, 2.24) is 10.9 Å². The standard InChI is InChI=1S/C6H16N2O.C2H6.CH3I/c1-4-5-6(9-3)8-7-2;2*1-2/h6-8H,4-5H2,1-3H3;1-2H3;1H3. The Morgan fingerprint density at radius 1 is 1.31 bits per heavy atom. The third kappa shape index (κ3) is 19.1. The summed E-state index contributed by atoms with van der Waals surface area (Å²) in [6, 6.07) is 0. The minimum Gasteiger partial charge on any atom is -0.365 e. The molecular formula is C9H25IN2O. The maximum atomic E-state index is 5.06. The summed E-state index contributed by atoms with van der Waals surface area (Å²) in [4.78, 5) is 1.97. The molecule has 0 aliphatic carbocycles. The molecule has 0 bridgehead atoms. The Hall–Kier alpha value is 0.610. The van der Waals surface area contributed by atoms with Crippen LogP contribution in [0, 0.1) is 0 Å². The minimum absolute atomic E-state index is 0.153. The van der Waals surface area contributed by atoms with Crippen molar-refractivity contribution >= 4 is 22.6 Å². The van der Waals surface area contributed by atoms with Crippen molar-refractivity contribution in [2.24, 2.45) is 0 Å². The maximum absolute atomic E-state index is 5.06. The second kappa shape index (κ2) is 22.9. The summed E-state index contributed by atoms with van der Waals surface area (Å²) in [5.74, 6) is 0. The molecule has 0 spiro atoms. The largest absolute Gasteiger partial charge is 0.365 e. The summed E-state index contributed by atoms with van der Waals surface area (Å²) >= 11 is 2.15. The predicted octanol–water partition coefficient (Wildman–Crippen LogP) is 2.56. The van der Waals surface area contributed by atoms with Gasteiger partial charge in [-0.1, -0.05) is 49.8 Å². The Kier molecular flexibility index (Phi) is 33.9. The fourth-order valence-corrected chi connectivity index (χ4v) is 0.672. The van der Waals surface area contributed by atoms with E-state index in [1.54, 1.807) is 7.11 Å². The quantitative estimate of drug-likeness (QED) is 0.354. The maximum Gasteiger partial charge on any atom is 0.119 e. The van der Waals surface area contributed by atoms with E-state index in [0.29, 0.717) is 0 Å². The van der Waals surface area contributed by atoms with E-state index in [9.17, 15) is 0 Å². The molecule has 4 heteroatoms. The van der Waals surface area contributed by atoms with Crippen LogP contribution in [0.25, 0.3) is 0 Å². The van der Waals surface area contributed by atoms with Crippen molar-refractivity contribution in [3.8, 4) is 0 Å². The molecule has 84 valence electrons. The monoisotopic (exact) mass is 304 g/mol. The highest BCUT2D eigenvalue weighted by Gasteiger charge is 2.00. The third-order valence-electron chi connectivity index (χ3n) is 1.14. The molecule has 13 heavy (non-hydrogen) atoms. The highest BCUT2D eigenvalue weighted by Crippen LogP contribution is 1.94. The number of nitrogens with one attached hydrogen (secondary N) is 2. The second-order valence-electron chi connectivity index (χ2n) is 1.91. The van der Waals surface area contributed by atoms with Crippen LogP contribution < -0.4 is 10.9 Å². The fraction of sp³-hybridized carbons (Fsp3) is 1.00. The fourth-order valence-electron chi connectivity index (χ4n) is 0.672. The summed E-state index contributed by atoms with van der Waals surface area (Å²) in [6.07, 6.45) is 2.32. The second-order valence-corrected chi connectivity index (χ2v) is 1.91. The van der Waals surface area contributed by atoms with E-state index in [1.165, 1.54) is 0 Å². The average molecular weight is 304 g/mol. The highest BCUT2D eigenvalue weighted by molar-refractivity contribution is 14.1. The Bertz CT molecular complexity index is 59.6. The molecule has 0 aliphatic rings. The molecule has 2 N–H and O–H groups in total. The first kappa shape index (κ1) is 19.2. The number of halogens is 1. The van der Waals surface area contributed by atoms with E-state index >= 15 is 0 Å². The van der Waals surface area contributed by atoms with Crippen LogP contribution in [0.1, 0.15) is 33.6 Å². The molecule has 0 aromatic carbocycles. The molecule has 0 heterocycles. The lowest BCUT2D eigenvalue weighted by atomic mass is 10.3. The van der Waals surface area contributed by atoms with Crippen molar-refractivity contribution in [3.63, 3.8) is 0 Å². The van der Waals surface area contributed by atoms with E-state index in [-0.39, 0.29) is 6.23 Å². The van der Waals surface area contributed by atoms with Crippen molar-refractivity contribution in [2.75, 3.05) is 19.1 Å². The van der Waals surface area contributed by atoms with Crippen LogP contribution in [0.5, 0.6) is 0 Å². The molecule has 0 saturated heterocycles. The predicted molar refractivity (Wildman–Crippen MR) is 69.2 cm³/mol. The van der Waals surface area contributed by atoms with Crippen molar-refractivity contribution < 1.29 is 4.74 Å². The van der Waals surface area contributed by atoms with Gasteiger partial charge in [0.25, 0.3) is 0 Å². The molecule has 0 fully saturated rings. The van der Waals surface area contributed by atoms with Crippen LogP contribution in [-0.2, 0) is 4.74 Å². The summed E-state index contributed by atoms with van der Waals surface area (Å²) in [7, 11) is 3.53. The van der Waals surface area contributed by atoms with E-state index in [1.807, 2.05) is 25.8 Å². The zero-order valence-corrected chi connectivity index (χ0v) is 11.9. The SMILES string of the molecule is CC.CCCC(NNC)OC.CI. The Labute approximate surface area is 97.1 Å². The smallest absolute Gasteiger partial charge is 0.119 e. The number of alkyl halides is 1. The van der Waals surface area contributed by atoms with E-state index < -0.39 is 0 Å². The van der Waals surface area contributed by atoms with Crippen LogP contribution in [0.3, 0.4) is 0 Å². The molecule has 0 aromatic heterocycles. The van der Waals surface area contributed by atoms with Gasteiger partial charge in [0.2, 0.25) is 0 Å². The van der Waals surface area contributed by atoms with Crippen molar-refractivity contribution in [3.05, 3.63) is 0 Å². The first-order valence-corrected chi connectivity index (χ1v) is 6.83. The lowest BCUT2D eigenvalue weighted by Crippen LogP contribution is -2.39. The molecular weight excluding hydrogens is 279 g/mol. The van der Waals surface area contributed by atoms with Gasteiger partial charge in [0.15, 0.2) is 0 Å². The average Bonchev–Trinajstić information content (AvgIpc) is 2.23. The van der Waals surface area contributed by atoms with Gasteiger partial charge in [-0.25, -0.2) is 5.43 Å². The molecule has 1 unspecified atom stereocenters. The number of hydrogen-bond donors (Lipinski definition) is 2. The molecule has 0 rings (SSSR count). The van der Waals surface area contributed by atoms with Gasteiger partial charge in [-0.15, -0.1) is 0 Å². The van der Waals surface area contributed by atoms with Crippen LogP contribution in [0.2, 0.25) is 0 Å². The van der Waals surface area contributed by atoms with Gasteiger partial charge in [-0.3, -0.25) is 5.43 Å². The summed E-state index contributed by atoms with van der Waals surface area (Å²) in [5, 5.41) is 0. The normalized spacial score (nSPS) is 10.4. The van der Waals surface area contributed by atoms with Crippen LogP contribution in [0.4, 0.5) is 0 Å². The van der Waals surface area contributed by atoms with Gasteiger partial charge >= 0.3 is 0 Å². The summed E-state index contributed by atoms with van der Waals surface area (Å²) in [5.41, 5.74) is 5.79. The van der Waals surface area contributed by atoms with E-state index in [0.717, 1.165) is 12.8 Å². The Balaban J connectivity index is -0.000000218. The van der Waals surface area contributed by atoms with Gasteiger partial charge < -0.3 is 4.74 Å². The van der Waals surface area contributed by atoms with Gasteiger partial charge in [0, 0.05) is 7.11 Å². The highest BCUT2D eigenvalue weighted by atomic mass is 127. The molecule has 0 aliphatic heterocycles. The van der Waals surface area contributed by atoms with Gasteiger partial charge in [0.05, 0.1) is 0 Å². The number of hydrazine groups is 1. The lowest BCUT2D eigenvalue weighted by molar-refractivity contribution is 0.0562. The van der Waals surface area contributed by atoms with E-state index in [4.69, 9.17) is 4.74 Å². The minimum atomic E-state index is 0.153. The number of hydrogen-bond acceptors (Lipinski definition) is 3. The Morgan fingerprint density at radius 3 is 2.00 bits per heavy atom. The zero-order chi connectivity index (χ0) is 11.1. The molecule has 0 aromatic rings. The summed E-state index contributed by atoms with van der Waals surface area (Å²) in [6.45, 7) is 6.13. The van der Waals surface area contributed by atoms with E-state index in [2.05, 4.69) is 40.4 Å². The van der Waals surface area contributed by atoms with Gasteiger partial charge in [-0.2, -0.15) is 0 Å². The van der Waals surface area contributed by atoms with Crippen LogP contribution >= 0.6 is 22.6 Å². The molecule has 0 amide bonds. The third-order valence-corrected chi connectivity index (χ3v) is 1.14. The number of methoxy groups -OCH3 is 1. The summed E-state index contributed by atoms with van der Waals surface area (Å²) < 4.78 is 5.06. The molecule has 1 atom stereocenters. The first-order chi connectivity index (χ1) is 6.35. The molecule has 3 nitrogen and oxygen atoms in total. The zero-order valence-electron chi connectivity index (χ0n) is 9.78. The molecule has 0 saturated carbocycles. The van der Waals surface area contributed by atoms with Crippen molar-refractivity contribution in [1.29, 1.82) is 0 Å². The topological polar surface area (TPSA) is 33.3 Å². The van der Waals surface area contributed by atoms with Crippen LogP contribution in [0.15, 0.2) is 0 Å². The van der Waals surface area contributed by atoms with Crippen molar-refractivity contribution in [2.45, 2.75) is 39.8 Å². The molecule has 0 radical (unpaired) electrons. The Morgan fingerprint density at radius 2 is 1.77 bits per heavy atom. The number of ether oxygens (including phenoxy) is 1. The number of rotatable bonds is 5. The lowest BCUT2D eigenvalue weighted by Gasteiger charge is -2.14.